The molecule has 0 fully saturated rings. The molecular weight excluding hydrogens is 437 g/mol. The lowest BCUT2D eigenvalue weighted by Crippen LogP contribution is -2.44. The van der Waals surface area contributed by atoms with E-state index in [-0.39, 0.29) is 18.8 Å². The summed E-state index contributed by atoms with van der Waals surface area (Å²) >= 11 is 5.99. The van der Waals surface area contributed by atoms with Crippen molar-refractivity contribution in [3.63, 3.8) is 0 Å². The SMILES string of the molecule is C[C@@](CN)(C[C@@H](Cc1ccc(-c2cc(Cl)ccc2F)cc1)NC(O)c1cnn[nH]1)C(=O)O. The van der Waals surface area contributed by atoms with Crippen LogP contribution in [0.1, 0.15) is 30.8 Å². The molecule has 170 valence electrons. The van der Waals surface area contributed by atoms with Gasteiger partial charge in [-0.15, -0.1) is 5.10 Å². The van der Waals surface area contributed by atoms with Crippen molar-refractivity contribution in [2.75, 3.05) is 6.54 Å². The molecule has 3 rings (SSSR count). The Morgan fingerprint density at radius 2 is 2.03 bits per heavy atom. The Morgan fingerprint density at radius 3 is 2.62 bits per heavy atom. The maximum Gasteiger partial charge on any atom is 0.310 e. The van der Waals surface area contributed by atoms with E-state index in [2.05, 4.69) is 20.7 Å². The van der Waals surface area contributed by atoms with Crippen molar-refractivity contribution in [3.8, 4) is 11.1 Å². The standard InChI is InChI=1S/C22H25ClFN5O3/c1-22(12-25,21(31)32)10-16(27-20(30)19-11-26-29-28-19)8-13-2-4-14(5-3-13)17-9-15(23)6-7-18(17)24/h2-7,9,11,16,20,27,30H,8,10,12,25H2,1H3,(H,31,32)(H,26,28,29)/t16-,20?,22+/m1/s1. The third kappa shape index (κ3) is 5.68. The van der Waals surface area contributed by atoms with Gasteiger partial charge in [-0.1, -0.05) is 41.1 Å². The Morgan fingerprint density at radius 1 is 1.31 bits per heavy atom. The topological polar surface area (TPSA) is 137 Å². The molecule has 3 atom stereocenters. The fourth-order valence-corrected chi connectivity index (χ4v) is 3.64. The molecule has 0 saturated heterocycles. The number of nitrogens with zero attached hydrogens (tertiary/aromatic N) is 2. The van der Waals surface area contributed by atoms with E-state index in [1.165, 1.54) is 18.3 Å². The summed E-state index contributed by atoms with van der Waals surface area (Å²) in [6, 6.07) is 11.1. The molecule has 2 aromatic carbocycles. The number of aromatic nitrogens is 3. The first-order chi connectivity index (χ1) is 15.2. The van der Waals surface area contributed by atoms with E-state index in [0.717, 1.165) is 5.56 Å². The molecule has 1 aromatic heterocycles. The van der Waals surface area contributed by atoms with Gasteiger partial charge in [-0.25, -0.2) is 4.39 Å². The quantitative estimate of drug-likeness (QED) is 0.293. The number of rotatable bonds is 10. The molecule has 0 bridgehead atoms. The Hall–Kier alpha value is -2.85. The molecule has 0 saturated carbocycles. The van der Waals surface area contributed by atoms with Crippen LogP contribution in [-0.4, -0.2) is 44.2 Å². The van der Waals surface area contributed by atoms with Gasteiger partial charge in [-0.05, 0) is 49.1 Å². The summed E-state index contributed by atoms with van der Waals surface area (Å²) in [5.74, 6) is -1.39. The highest BCUT2D eigenvalue weighted by Crippen LogP contribution is 2.28. The number of nitrogens with two attached hydrogens (primary N) is 1. The molecule has 8 nitrogen and oxygen atoms in total. The van der Waals surface area contributed by atoms with Gasteiger partial charge in [0.25, 0.3) is 0 Å². The minimum Gasteiger partial charge on any atom is -0.481 e. The molecular formula is C22H25ClFN5O3. The van der Waals surface area contributed by atoms with Gasteiger partial charge in [-0.2, -0.15) is 0 Å². The smallest absolute Gasteiger partial charge is 0.310 e. The van der Waals surface area contributed by atoms with Crippen LogP contribution >= 0.6 is 11.6 Å². The highest BCUT2D eigenvalue weighted by atomic mass is 35.5. The second kappa shape index (κ2) is 10.2. The average molecular weight is 462 g/mol. The minimum absolute atomic E-state index is 0.0603. The summed E-state index contributed by atoms with van der Waals surface area (Å²) in [5.41, 5.74) is 6.83. The molecule has 0 aliphatic heterocycles. The van der Waals surface area contributed by atoms with Crippen LogP contribution in [0, 0.1) is 11.2 Å². The summed E-state index contributed by atoms with van der Waals surface area (Å²) in [4.78, 5) is 11.8. The molecule has 1 unspecified atom stereocenters. The molecule has 3 aromatic rings. The third-order valence-corrected chi connectivity index (χ3v) is 5.70. The fraction of sp³-hybridized carbons (Fsp3) is 0.318. The number of H-pyrrole nitrogens is 1. The van der Waals surface area contributed by atoms with Gasteiger partial charge < -0.3 is 15.9 Å². The van der Waals surface area contributed by atoms with Gasteiger partial charge in [-0.3, -0.25) is 15.2 Å². The van der Waals surface area contributed by atoms with Crippen LogP contribution in [0.25, 0.3) is 11.1 Å². The van der Waals surface area contributed by atoms with E-state index < -0.39 is 23.7 Å². The van der Waals surface area contributed by atoms with Gasteiger partial charge >= 0.3 is 5.97 Å². The first-order valence-corrected chi connectivity index (χ1v) is 10.4. The highest BCUT2D eigenvalue weighted by molar-refractivity contribution is 6.30. The van der Waals surface area contributed by atoms with Gasteiger partial charge in [0.2, 0.25) is 0 Å². The first kappa shape index (κ1) is 23.8. The van der Waals surface area contributed by atoms with Crippen LogP contribution in [0.15, 0.2) is 48.7 Å². The lowest BCUT2D eigenvalue weighted by atomic mass is 9.82. The van der Waals surface area contributed by atoms with E-state index in [9.17, 15) is 19.4 Å². The fourth-order valence-electron chi connectivity index (χ4n) is 3.47. The largest absolute Gasteiger partial charge is 0.481 e. The van der Waals surface area contributed by atoms with Gasteiger partial charge in [0.15, 0.2) is 0 Å². The van der Waals surface area contributed by atoms with Crippen molar-refractivity contribution < 1.29 is 19.4 Å². The van der Waals surface area contributed by atoms with Crippen LogP contribution in [0.3, 0.4) is 0 Å². The van der Waals surface area contributed by atoms with Crippen LogP contribution < -0.4 is 11.1 Å². The van der Waals surface area contributed by atoms with Crippen LogP contribution in [-0.2, 0) is 11.2 Å². The Kier molecular flexibility index (Phi) is 7.57. The summed E-state index contributed by atoms with van der Waals surface area (Å²) in [5, 5.41) is 33.4. The zero-order valence-corrected chi connectivity index (χ0v) is 18.2. The van der Waals surface area contributed by atoms with E-state index in [1.807, 2.05) is 12.1 Å². The number of hydrogen-bond donors (Lipinski definition) is 5. The molecule has 0 amide bonds. The second-order valence-electron chi connectivity index (χ2n) is 7.98. The third-order valence-electron chi connectivity index (χ3n) is 5.46. The Labute approximate surface area is 189 Å². The van der Waals surface area contributed by atoms with Crippen molar-refractivity contribution >= 4 is 17.6 Å². The summed E-state index contributed by atoms with van der Waals surface area (Å²) in [7, 11) is 0. The molecule has 10 heteroatoms. The predicted octanol–water partition coefficient (Wildman–Crippen LogP) is 2.90. The monoisotopic (exact) mass is 461 g/mol. The van der Waals surface area contributed by atoms with Gasteiger partial charge in [0.1, 0.15) is 12.0 Å². The lowest BCUT2D eigenvalue weighted by molar-refractivity contribution is -0.148. The number of halogens is 2. The van der Waals surface area contributed by atoms with Crippen molar-refractivity contribution in [1.29, 1.82) is 0 Å². The number of carboxylic acids is 1. The van der Waals surface area contributed by atoms with E-state index in [1.54, 1.807) is 25.1 Å². The Bertz CT molecular complexity index is 1050. The molecule has 6 N–H and O–H groups in total. The number of hydrogen-bond acceptors (Lipinski definition) is 6. The number of carbonyl (C=O) groups is 1. The van der Waals surface area contributed by atoms with Crippen molar-refractivity contribution in [3.05, 3.63) is 70.8 Å². The Balaban J connectivity index is 1.81. The summed E-state index contributed by atoms with van der Waals surface area (Å²) in [6.45, 7) is 1.51. The number of benzene rings is 2. The van der Waals surface area contributed by atoms with Crippen molar-refractivity contribution in [2.24, 2.45) is 11.1 Å². The molecule has 0 spiro atoms. The first-order valence-electron chi connectivity index (χ1n) is 10.00. The highest BCUT2D eigenvalue weighted by Gasteiger charge is 2.35. The molecule has 0 aliphatic rings. The predicted molar refractivity (Wildman–Crippen MR) is 118 cm³/mol. The van der Waals surface area contributed by atoms with Crippen LogP contribution in [0.5, 0.6) is 0 Å². The number of aliphatic hydroxyl groups excluding tert-OH is 1. The van der Waals surface area contributed by atoms with Crippen molar-refractivity contribution in [2.45, 2.75) is 32.0 Å². The second-order valence-corrected chi connectivity index (χ2v) is 8.41. The van der Waals surface area contributed by atoms with E-state index in [4.69, 9.17) is 17.3 Å². The average Bonchev–Trinajstić information content (AvgIpc) is 3.31. The lowest BCUT2D eigenvalue weighted by Gasteiger charge is -2.30. The van der Waals surface area contributed by atoms with Crippen LogP contribution in [0.4, 0.5) is 4.39 Å². The number of aliphatic carboxylic acids is 1. The van der Waals surface area contributed by atoms with E-state index >= 15 is 0 Å². The number of nitrogens with one attached hydrogen (secondary N) is 2. The zero-order chi connectivity index (χ0) is 23.3. The van der Waals surface area contributed by atoms with Gasteiger partial charge in [0.05, 0.1) is 17.3 Å². The minimum atomic E-state index is -1.19. The maximum absolute atomic E-state index is 14.2. The number of aromatic amines is 1. The normalized spacial score (nSPS) is 15.2. The molecule has 32 heavy (non-hydrogen) atoms. The van der Waals surface area contributed by atoms with E-state index in [0.29, 0.717) is 28.3 Å². The van der Waals surface area contributed by atoms with Gasteiger partial charge in [0, 0.05) is 23.2 Å². The zero-order valence-electron chi connectivity index (χ0n) is 17.4. The molecule has 0 radical (unpaired) electrons. The summed E-state index contributed by atoms with van der Waals surface area (Å²) < 4.78 is 14.2. The number of carboxylic acid groups (broad SMARTS) is 1. The molecule has 0 aliphatic carbocycles. The maximum atomic E-state index is 14.2. The van der Waals surface area contributed by atoms with Crippen LogP contribution in [0.2, 0.25) is 5.02 Å². The summed E-state index contributed by atoms with van der Waals surface area (Å²) in [6.07, 6.45) is 0.829. The molecule has 1 heterocycles. The number of aliphatic hydroxyl groups is 1. The van der Waals surface area contributed by atoms with Crippen molar-refractivity contribution in [1.82, 2.24) is 20.7 Å².